The van der Waals surface area contributed by atoms with Gasteiger partial charge in [-0.3, -0.25) is 0 Å². The molecule has 5 nitrogen and oxygen atoms in total. The van der Waals surface area contributed by atoms with Gasteiger partial charge in [-0.1, -0.05) is 17.7 Å². The van der Waals surface area contributed by atoms with Crippen LogP contribution in [0.25, 0.3) is 0 Å². The molecule has 1 aliphatic heterocycles. The Labute approximate surface area is 118 Å². The molecular formula is C14H17NO4S. The quantitative estimate of drug-likeness (QED) is 0.866. The molecule has 108 valence electrons. The molecule has 0 amide bonds. The standard InChI is InChI=1S/C14H17NO4S/c1-10-6-8-15(9-7-10)20(18,19)13-5-3-4-12(11(13)2)14(16)17/h3-6H,7-9H2,1-2H3,(H,16,17). The topological polar surface area (TPSA) is 74.7 Å². The van der Waals surface area contributed by atoms with Crippen molar-refractivity contribution >= 4 is 16.0 Å². The van der Waals surface area contributed by atoms with Crippen LogP contribution in [0, 0.1) is 6.92 Å². The van der Waals surface area contributed by atoms with Gasteiger partial charge in [0.15, 0.2) is 0 Å². The molecule has 0 saturated carbocycles. The van der Waals surface area contributed by atoms with Crippen molar-refractivity contribution in [1.29, 1.82) is 0 Å². The molecule has 0 aliphatic carbocycles. The lowest BCUT2D eigenvalue weighted by atomic mass is 10.1. The van der Waals surface area contributed by atoms with Crippen molar-refractivity contribution in [3.05, 3.63) is 41.0 Å². The van der Waals surface area contributed by atoms with Crippen molar-refractivity contribution in [2.75, 3.05) is 13.1 Å². The van der Waals surface area contributed by atoms with E-state index in [0.717, 1.165) is 0 Å². The van der Waals surface area contributed by atoms with Crippen LogP contribution in [0.1, 0.15) is 29.3 Å². The molecule has 0 fully saturated rings. The van der Waals surface area contributed by atoms with E-state index < -0.39 is 16.0 Å². The second-order valence-electron chi connectivity index (χ2n) is 4.90. The van der Waals surface area contributed by atoms with E-state index in [1.54, 1.807) is 0 Å². The Morgan fingerprint density at radius 1 is 1.30 bits per heavy atom. The molecule has 1 aliphatic rings. The van der Waals surface area contributed by atoms with Crippen LogP contribution in [0.3, 0.4) is 0 Å². The average molecular weight is 295 g/mol. The van der Waals surface area contributed by atoms with Gasteiger partial charge in [0.1, 0.15) is 0 Å². The molecule has 1 heterocycles. The molecule has 0 aromatic heterocycles. The summed E-state index contributed by atoms with van der Waals surface area (Å²) in [6.45, 7) is 4.27. The Morgan fingerprint density at radius 2 is 2.00 bits per heavy atom. The first-order chi connectivity index (χ1) is 9.34. The SMILES string of the molecule is CC1=CCN(S(=O)(=O)c2cccc(C(=O)O)c2C)CC1. The van der Waals surface area contributed by atoms with Crippen molar-refractivity contribution < 1.29 is 18.3 Å². The highest BCUT2D eigenvalue weighted by atomic mass is 32.2. The summed E-state index contributed by atoms with van der Waals surface area (Å²) >= 11 is 0. The fourth-order valence-corrected chi connectivity index (χ4v) is 3.86. The fourth-order valence-electron chi connectivity index (χ4n) is 2.24. The van der Waals surface area contributed by atoms with Crippen molar-refractivity contribution in [1.82, 2.24) is 4.31 Å². The largest absolute Gasteiger partial charge is 0.478 e. The lowest BCUT2D eigenvalue weighted by Gasteiger charge is -2.25. The summed E-state index contributed by atoms with van der Waals surface area (Å²) in [5.41, 5.74) is 1.48. The maximum Gasteiger partial charge on any atom is 0.335 e. The Kier molecular flexibility index (Phi) is 3.96. The highest BCUT2D eigenvalue weighted by molar-refractivity contribution is 7.89. The van der Waals surface area contributed by atoms with Gasteiger partial charge in [0.25, 0.3) is 0 Å². The third-order valence-electron chi connectivity index (χ3n) is 3.53. The lowest BCUT2D eigenvalue weighted by molar-refractivity contribution is 0.0696. The van der Waals surface area contributed by atoms with Crippen LogP contribution in [0.4, 0.5) is 0 Å². The second-order valence-corrected chi connectivity index (χ2v) is 6.80. The molecule has 0 radical (unpaired) electrons. The van der Waals surface area contributed by atoms with E-state index >= 15 is 0 Å². The lowest BCUT2D eigenvalue weighted by Crippen LogP contribution is -2.35. The predicted octanol–water partition coefficient (Wildman–Crippen LogP) is 2.03. The van der Waals surface area contributed by atoms with E-state index in [1.807, 2.05) is 13.0 Å². The third kappa shape index (κ3) is 2.62. The molecule has 1 N–H and O–H groups in total. The Morgan fingerprint density at radius 3 is 2.55 bits per heavy atom. The smallest absolute Gasteiger partial charge is 0.335 e. The Balaban J connectivity index is 2.45. The van der Waals surface area contributed by atoms with Gasteiger partial charge in [-0.2, -0.15) is 4.31 Å². The first-order valence-electron chi connectivity index (χ1n) is 6.32. The summed E-state index contributed by atoms with van der Waals surface area (Å²) < 4.78 is 26.6. The van der Waals surface area contributed by atoms with Crippen LogP contribution in [-0.2, 0) is 10.0 Å². The minimum Gasteiger partial charge on any atom is -0.478 e. The maximum absolute atomic E-state index is 12.6. The molecule has 0 bridgehead atoms. The van der Waals surface area contributed by atoms with Gasteiger partial charge < -0.3 is 5.11 Å². The van der Waals surface area contributed by atoms with Gasteiger partial charge in [0.05, 0.1) is 10.5 Å². The number of carboxylic acids is 1. The number of hydrogen-bond acceptors (Lipinski definition) is 3. The van der Waals surface area contributed by atoms with E-state index in [4.69, 9.17) is 5.11 Å². The Bertz CT molecular complexity index is 676. The number of rotatable bonds is 3. The second kappa shape index (κ2) is 5.38. The third-order valence-corrected chi connectivity index (χ3v) is 5.54. The zero-order valence-corrected chi connectivity index (χ0v) is 12.3. The van der Waals surface area contributed by atoms with E-state index in [2.05, 4.69) is 0 Å². The molecule has 0 saturated heterocycles. The number of aromatic carboxylic acids is 1. The average Bonchev–Trinajstić information content (AvgIpc) is 2.38. The first-order valence-corrected chi connectivity index (χ1v) is 7.76. The van der Waals surface area contributed by atoms with Gasteiger partial charge in [0.2, 0.25) is 10.0 Å². The van der Waals surface area contributed by atoms with Crippen molar-refractivity contribution in [2.24, 2.45) is 0 Å². The van der Waals surface area contributed by atoms with E-state index in [0.29, 0.717) is 19.5 Å². The fraction of sp³-hybridized carbons (Fsp3) is 0.357. The summed E-state index contributed by atoms with van der Waals surface area (Å²) in [5, 5.41) is 9.08. The molecule has 1 aromatic rings. The van der Waals surface area contributed by atoms with Crippen LogP contribution >= 0.6 is 0 Å². The van der Waals surface area contributed by atoms with Gasteiger partial charge in [-0.25, -0.2) is 13.2 Å². The Hall–Kier alpha value is -1.66. The van der Waals surface area contributed by atoms with Crippen molar-refractivity contribution in [3.63, 3.8) is 0 Å². The van der Waals surface area contributed by atoms with E-state index in [9.17, 15) is 13.2 Å². The summed E-state index contributed by atoms with van der Waals surface area (Å²) in [6.07, 6.45) is 2.59. The maximum atomic E-state index is 12.6. The summed E-state index contributed by atoms with van der Waals surface area (Å²) in [6, 6.07) is 4.34. The molecule has 6 heteroatoms. The molecule has 0 unspecified atom stereocenters. The summed E-state index contributed by atoms with van der Waals surface area (Å²) in [4.78, 5) is 11.2. The molecule has 1 aromatic carbocycles. The number of carbonyl (C=O) groups is 1. The highest BCUT2D eigenvalue weighted by Crippen LogP contribution is 2.25. The van der Waals surface area contributed by atoms with E-state index in [1.165, 1.54) is 35.0 Å². The number of carboxylic acid groups (broad SMARTS) is 1. The summed E-state index contributed by atoms with van der Waals surface area (Å²) in [7, 11) is -3.65. The zero-order chi connectivity index (χ0) is 14.9. The molecular weight excluding hydrogens is 278 g/mol. The molecule has 20 heavy (non-hydrogen) atoms. The molecule has 0 atom stereocenters. The first kappa shape index (κ1) is 14.7. The number of hydrogen-bond donors (Lipinski definition) is 1. The summed E-state index contributed by atoms with van der Waals surface area (Å²) in [5.74, 6) is -1.12. The monoisotopic (exact) mass is 295 g/mol. The molecule has 2 rings (SSSR count). The number of benzene rings is 1. The van der Waals surface area contributed by atoms with Crippen molar-refractivity contribution in [3.8, 4) is 0 Å². The zero-order valence-electron chi connectivity index (χ0n) is 11.5. The van der Waals surface area contributed by atoms with Crippen LogP contribution < -0.4 is 0 Å². The van der Waals surface area contributed by atoms with Gasteiger partial charge >= 0.3 is 5.97 Å². The van der Waals surface area contributed by atoms with Crippen LogP contribution in [0.15, 0.2) is 34.7 Å². The van der Waals surface area contributed by atoms with Crippen LogP contribution in [0.5, 0.6) is 0 Å². The normalized spacial score (nSPS) is 16.8. The van der Waals surface area contributed by atoms with Crippen molar-refractivity contribution in [2.45, 2.75) is 25.2 Å². The minimum absolute atomic E-state index is 0.0230. The predicted molar refractivity (Wildman–Crippen MR) is 75.3 cm³/mol. The van der Waals surface area contributed by atoms with Crippen LogP contribution in [-0.4, -0.2) is 36.9 Å². The minimum atomic E-state index is -3.65. The highest BCUT2D eigenvalue weighted by Gasteiger charge is 2.28. The number of nitrogens with zero attached hydrogens (tertiary/aromatic N) is 1. The van der Waals surface area contributed by atoms with Crippen LogP contribution in [0.2, 0.25) is 0 Å². The van der Waals surface area contributed by atoms with Gasteiger partial charge in [0, 0.05) is 13.1 Å². The molecule has 0 spiro atoms. The van der Waals surface area contributed by atoms with Gasteiger partial charge in [-0.05, 0) is 38.0 Å². The van der Waals surface area contributed by atoms with E-state index in [-0.39, 0.29) is 16.0 Å². The van der Waals surface area contributed by atoms with Gasteiger partial charge in [-0.15, -0.1) is 0 Å². The number of sulfonamides is 1.